The molecule has 0 aliphatic heterocycles. The molecule has 28 heavy (non-hydrogen) atoms. The van der Waals surface area contributed by atoms with Gasteiger partial charge in [-0.1, -0.05) is 35.1 Å². The lowest BCUT2D eigenvalue weighted by Gasteiger charge is -2.20. The summed E-state index contributed by atoms with van der Waals surface area (Å²) in [5.41, 5.74) is 1.74. The van der Waals surface area contributed by atoms with Gasteiger partial charge in [-0.15, -0.1) is 10.2 Å². The van der Waals surface area contributed by atoms with Crippen LogP contribution in [-0.2, 0) is 10.0 Å². The Hall–Kier alpha value is -2.49. The van der Waals surface area contributed by atoms with E-state index in [-0.39, 0.29) is 5.91 Å². The van der Waals surface area contributed by atoms with Crippen LogP contribution in [0.2, 0.25) is 5.02 Å². The zero-order valence-electron chi connectivity index (χ0n) is 15.1. The summed E-state index contributed by atoms with van der Waals surface area (Å²) < 4.78 is 24.8. The van der Waals surface area contributed by atoms with Crippen LogP contribution >= 0.6 is 22.9 Å². The van der Waals surface area contributed by atoms with E-state index in [2.05, 4.69) is 15.5 Å². The molecule has 0 radical (unpaired) electrons. The molecule has 0 saturated heterocycles. The molecule has 7 nitrogen and oxygen atoms in total. The van der Waals surface area contributed by atoms with Crippen molar-refractivity contribution in [3.63, 3.8) is 0 Å². The molecule has 0 bridgehead atoms. The zero-order chi connectivity index (χ0) is 20.3. The van der Waals surface area contributed by atoms with E-state index in [0.29, 0.717) is 33.0 Å². The normalized spacial score (nSPS) is 11.2. The molecule has 0 unspecified atom stereocenters. The molecule has 0 saturated carbocycles. The number of rotatable bonds is 6. The number of sulfonamides is 1. The fourth-order valence-electron chi connectivity index (χ4n) is 2.54. The molecule has 0 atom stereocenters. The molecule has 2 aromatic carbocycles. The van der Waals surface area contributed by atoms with E-state index in [0.717, 1.165) is 11.8 Å². The van der Waals surface area contributed by atoms with Crippen LogP contribution in [0, 0.1) is 0 Å². The smallest absolute Gasteiger partial charge is 0.257 e. The Labute approximate surface area is 172 Å². The van der Waals surface area contributed by atoms with Crippen molar-refractivity contribution < 1.29 is 13.2 Å². The molecule has 1 aromatic heterocycles. The van der Waals surface area contributed by atoms with Crippen molar-refractivity contribution in [2.75, 3.05) is 22.4 Å². The molecule has 146 valence electrons. The van der Waals surface area contributed by atoms with E-state index >= 15 is 0 Å². The Kier molecular flexibility index (Phi) is 5.97. The average Bonchev–Trinajstić information content (AvgIpc) is 3.10. The second kappa shape index (κ2) is 8.26. The van der Waals surface area contributed by atoms with Crippen molar-refractivity contribution in [2.45, 2.75) is 6.92 Å². The predicted octanol–water partition coefficient (Wildman–Crippen LogP) is 3.90. The minimum absolute atomic E-state index is 0.308. The van der Waals surface area contributed by atoms with Gasteiger partial charge in [0.15, 0.2) is 0 Å². The first-order valence-corrected chi connectivity index (χ1v) is 11.3. The van der Waals surface area contributed by atoms with Crippen LogP contribution in [0.25, 0.3) is 10.6 Å². The number of nitrogens with zero attached hydrogens (tertiary/aromatic N) is 3. The summed E-state index contributed by atoms with van der Waals surface area (Å²) in [5.74, 6) is -0.354. The minimum Gasteiger partial charge on any atom is -0.296 e. The number of halogens is 1. The maximum Gasteiger partial charge on any atom is 0.257 e. The summed E-state index contributed by atoms with van der Waals surface area (Å²) in [6.07, 6.45) is 1.14. The van der Waals surface area contributed by atoms with Crippen molar-refractivity contribution in [1.82, 2.24) is 10.2 Å². The SMILES string of the molecule is CCN(c1ccc(C(=O)Nc2nnc(-c3ccc(Cl)cc3)s2)cc1)S(C)(=O)=O. The summed E-state index contributed by atoms with van der Waals surface area (Å²) in [4.78, 5) is 12.4. The van der Waals surface area contributed by atoms with Crippen LogP contribution in [0.4, 0.5) is 10.8 Å². The highest BCUT2D eigenvalue weighted by atomic mass is 35.5. The number of anilines is 2. The first kappa shape index (κ1) is 20.2. The van der Waals surface area contributed by atoms with Gasteiger partial charge in [0.1, 0.15) is 5.01 Å². The van der Waals surface area contributed by atoms with Crippen LogP contribution in [0.1, 0.15) is 17.3 Å². The second-order valence-electron chi connectivity index (χ2n) is 5.85. The van der Waals surface area contributed by atoms with Crippen molar-refractivity contribution in [2.24, 2.45) is 0 Å². The molecule has 10 heteroatoms. The van der Waals surface area contributed by atoms with Gasteiger partial charge in [0.2, 0.25) is 15.2 Å². The van der Waals surface area contributed by atoms with Gasteiger partial charge in [-0.05, 0) is 43.3 Å². The van der Waals surface area contributed by atoms with Gasteiger partial charge < -0.3 is 0 Å². The minimum atomic E-state index is -3.37. The number of aromatic nitrogens is 2. The van der Waals surface area contributed by atoms with Gasteiger partial charge in [-0.3, -0.25) is 14.4 Å². The summed E-state index contributed by atoms with van der Waals surface area (Å²) in [6.45, 7) is 2.05. The highest BCUT2D eigenvalue weighted by molar-refractivity contribution is 7.92. The van der Waals surface area contributed by atoms with Gasteiger partial charge in [-0.2, -0.15) is 0 Å². The number of hydrogen-bond acceptors (Lipinski definition) is 6. The molecular formula is C18H17ClN4O3S2. The molecule has 0 fully saturated rings. The number of amides is 1. The first-order chi connectivity index (χ1) is 13.3. The Morgan fingerprint density at radius 2 is 1.75 bits per heavy atom. The van der Waals surface area contributed by atoms with E-state index in [1.54, 1.807) is 43.3 Å². The molecule has 3 aromatic rings. The lowest BCUT2D eigenvalue weighted by molar-refractivity contribution is 0.102. The largest absolute Gasteiger partial charge is 0.296 e. The number of carbonyl (C=O) groups excluding carboxylic acids is 1. The Morgan fingerprint density at radius 3 is 2.32 bits per heavy atom. The number of nitrogens with one attached hydrogen (secondary N) is 1. The van der Waals surface area contributed by atoms with E-state index in [9.17, 15) is 13.2 Å². The Bertz CT molecular complexity index is 1080. The standard InChI is InChI=1S/C18H17ClN4O3S2/c1-3-23(28(2,25)26)15-10-6-12(7-11-15)16(24)20-18-22-21-17(27-18)13-4-8-14(19)9-5-13/h4-11H,3H2,1-2H3,(H,20,22,24). The molecule has 3 rings (SSSR count). The molecule has 1 heterocycles. The summed E-state index contributed by atoms with van der Waals surface area (Å²) in [5, 5.41) is 12.4. The Morgan fingerprint density at radius 1 is 1.11 bits per heavy atom. The molecular weight excluding hydrogens is 420 g/mol. The van der Waals surface area contributed by atoms with Crippen molar-refractivity contribution in [3.8, 4) is 10.6 Å². The summed E-state index contributed by atoms with van der Waals surface area (Å²) >= 11 is 7.12. The number of benzene rings is 2. The van der Waals surface area contributed by atoms with Crippen LogP contribution in [-0.4, -0.2) is 37.3 Å². The maximum absolute atomic E-state index is 12.4. The predicted molar refractivity (Wildman–Crippen MR) is 113 cm³/mol. The third-order valence-electron chi connectivity index (χ3n) is 3.84. The summed E-state index contributed by atoms with van der Waals surface area (Å²) in [7, 11) is -3.37. The van der Waals surface area contributed by atoms with Gasteiger partial charge in [0.25, 0.3) is 5.91 Å². The van der Waals surface area contributed by atoms with E-state index in [4.69, 9.17) is 11.6 Å². The van der Waals surface area contributed by atoms with Crippen LogP contribution in [0.5, 0.6) is 0 Å². The van der Waals surface area contributed by atoms with Crippen LogP contribution in [0.3, 0.4) is 0 Å². The summed E-state index contributed by atoms with van der Waals surface area (Å²) in [6, 6.07) is 13.5. The highest BCUT2D eigenvalue weighted by Gasteiger charge is 2.16. The van der Waals surface area contributed by atoms with Crippen molar-refractivity contribution >= 4 is 49.7 Å². The lowest BCUT2D eigenvalue weighted by atomic mass is 10.2. The maximum atomic E-state index is 12.4. The van der Waals surface area contributed by atoms with E-state index in [1.807, 2.05) is 12.1 Å². The molecule has 0 aliphatic carbocycles. The van der Waals surface area contributed by atoms with Crippen LogP contribution < -0.4 is 9.62 Å². The van der Waals surface area contributed by atoms with Crippen LogP contribution in [0.15, 0.2) is 48.5 Å². The van der Waals surface area contributed by atoms with E-state index < -0.39 is 10.0 Å². The first-order valence-electron chi connectivity index (χ1n) is 8.26. The highest BCUT2D eigenvalue weighted by Crippen LogP contribution is 2.27. The molecule has 1 amide bonds. The molecule has 1 N–H and O–H groups in total. The van der Waals surface area contributed by atoms with Gasteiger partial charge in [-0.25, -0.2) is 8.42 Å². The van der Waals surface area contributed by atoms with Gasteiger partial charge in [0.05, 0.1) is 11.9 Å². The van der Waals surface area contributed by atoms with Crippen molar-refractivity contribution in [1.29, 1.82) is 0 Å². The second-order valence-corrected chi connectivity index (χ2v) is 9.17. The molecule has 0 spiro atoms. The fourth-order valence-corrected chi connectivity index (χ4v) is 4.38. The Balaban J connectivity index is 1.72. The van der Waals surface area contributed by atoms with Gasteiger partial charge >= 0.3 is 0 Å². The number of hydrogen-bond donors (Lipinski definition) is 1. The lowest BCUT2D eigenvalue weighted by Crippen LogP contribution is -2.29. The molecule has 0 aliphatic rings. The van der Waals surface area contributed by atoms with Gasteiger partial charge in [0, 0.05) is 22.7 Å². The average molecular weight is 437 g/mol. The zero-order valence-corrected chi connectivity index (χ0v) is 17.5. The fraction of sp³-hybridized carbons (Fsp3) is 0.167. The third-order valence-corrected chi connectivity index (χ3v) is 6.25. The van der Waals surface area contributed by atoms with Crippen molar-refractivity contribution in [3.05, 3.63) is 59.1 Å². The topological polar surface area (TPSA) is 92.3 Å². The number of carbonyl (C=O) groups is 1. The third kappa shape index (κ3) is 4.67. The monoisotopic (exact) mass is 436 g/mol. The quantitative estimate of drug-likeness (QED) is 0.632. The van der Waals surface area contributed by atoms with E-state index in [1.165, 1.54) is 15.6 Å².